The van der Waals surface area contributed by atoms with Crippen molar-refractivity contribution in [1.82, 2.24) is 0 Å². The Hall–Kier alpha value is -0.460. The monoisotopic (exact) mass is 212 g/mol. The quantitative estimate of drug-likeness (QED) is 0.396. The van der Waals surface area contributed by atoms with E-state index in [2.05, 4.69) is 4.52 Å². The molecule has 0 aliphatic heterocycles. The van der Waals surface area contributed by atoms with Crippen LogP contribution in [-0.4, -0.2) is 41.3 Å². The predicted octanol–water partition coefficient (Wildman–Crippen LogP) is -1.44. The van der Waals surface area contributed by atoms with Gasteiger partial charge in [0.15, 0.2) is 0 Å². The molecule has 0 spiro atoms. The third kappa shape index (κ3) is 5.73. The molecule has 78 valence electrons. The molecule has 0 aliphatic rings. The Morgan fingerprint density at radius 3 is 2.54 bits per heavy atom. The molecule has 0 heterocycles. The fraction of sp³-hybridized carbons (Fsp3) is 0.800. The van der Waals surface area contributed by atoms with Crippen molar-refractivity contribution in [1.29, 1.82) is 0 Å². The molecule has 2 atom stereocenters. The van der Waals surface area contributed by atoms with Crippen LogP contribution in [0.5, 0.6) is 0 Å². The minimum Gasteiger partial charge on any atom is -0.480 e. The van der Waals surface area contributed by atoms with Crippen molar-refractivity contribution in [2.45, 2.75) is 6.04 Å². The predicted molar refractivity (Wildman–Crippen MR) is 45.3 cm³/mol. The minimum absolute atomic E-state index is 0.00388. The molecule has 0 bridgehead atoms. The largest absolute Gasteiger partial charge is 0.480 e. The van der Waals surface area contributed by atoms with Crippen LogP contribution in [0.1, 0.15) is 0 Å². The van der Waals surface area contributed by atoms with E-state index in [0.29, 0.717) is 0 Å². The molecule has 0 rings (SSSR count). The first-order valence-electron chi connectivity index (χ1n) is 3.54. The number of carboxylic acids is 1. The lowest BCUT2D eigenvalue weighted by atomic mass is 10.3. The Morgan fingerprint density at radius 2 is 2.15 bits per heavy atom. The molecule has 13 heavy (non-hydrogen) atoms. The van der Waals surface area contributed by atoms with Crippen LogP contribution < -0.4 is 11.5 Å². The van der Waals surface area contributed by atoms with Crippen molar-refractivity contribution in [3.63, 3.8) is 0 Å². The number of nitrogens with two attached hydrogens (primary N) is 2. The van der Waals surface area contributed by atoms with Gasteiger partial charge in [0, 0.05) is 6.54 Å². The summed E-state index contributed by atoms with van der Waals surface area (Å²) in [7, 11) is -3.75. The number of aliphatic carboxylic acids is 1. The Balaban J connectivity index is 3.87. The SMILES string of the molecule is NCCP(=O)(O)OCC(N)C(=O)O. The van der Waals surface area contributed by atoms with Crippen LogP contribution in [-0.2, 0) is 13.9 Å². The van der Waals surface area contributed by atoms with Crippen molar-refractivity contribution in [3.8, 4) is 0 Å². The van der Waals surface area contributed by atoms with E-state index in [1.807, 2.05) is 0 Å². The van der Waals surface area contributed by atoms with E-state index in [0.717, 1.165) is 0 Å². The second kappa shape index (κ2) is 5.31. The molecule has 0 aliphatic carbocycles. The van der Waals surface area contributed by atoms with Gasteiger partial charge in [-0.3, -0.25) is 9.36 Å². The number of carboxylic acid groups (broad SMARTS) is 1. The smallest absolute Gasteiger partial charge is 0.329 e. The third-order valence-corrected chi connectivity index (χ3v) is 2.56. The minimum atomic E-state index is -3.75. The van der Waals surface area contributed by atoms with Crippen LogP contribution in [0.4, 0.5) is 0 Å². The van der Waals surface area contributed by atoms with Gasteiger partial charge in [-0.2, -0.15) is 0 Å². The van der Waals surface area contributed by atoms with Gasteiger partial charge in [0.25, 0.3) is 0 Å². The molecule has 0 saturated carbocycles. The summed E-state index contributed by atoms with van der Waals surface area (Å²) in [5.41, 5.74) is 10.1. The van der Waals surface area contributed by atoms with Gasteiger partial charge in [-0.1, -0.05) is 0 Å². The summed E-state index contributed by atoms with van der Waals surface area (Å²) >= 11 is 0. The maximum absolute atomic E-state index is 10.9. The Bertz CT molecular complexity index is 221. The first-order valence-corrected chi connectivity index (χ1v) is 5.30. The van der Waals surface area contributed by atoms with Gasteiger partial charge in [0.2, 0.25) is 0 Å². The number of carbonyl (C=O) groups is 1. The van der Waals surface area contributed by atoms with Gasteiger partial charge >= 0.3 is 13.6 Å². The highest BCUT2D eigenvalue weighted by molar-refractivity contribution is 7.52. The van der Waals surface area contributed by atoms with Crippen LogP contribution in [0.15, 0.2) is 0 Å². The first-order chi connectivity index (χ1) is 5.89. The molecular weight excluding hydrogens is 199 g/mol. The molecular formula is C5H13N2O5P. The molecule has 8 heteroatoms. The Labute approximate surface area is 75.2 Å². The summed E-state index contributed by atoms with van der Waals surface area (Å²) in [5, 5.41) is 8.31. The summed E-state index contributed by atoms with van der Waals surface area (Å²) in [4.78, 5) is 19.1. The highest BCUT2D eigenvalue weighted by atomic mass is 31.2. The molecule has 0 saturated heterocycles. The van der Waals surface area contributed by atoms with E-state index in [9.17, 15) is 9.36 Å². The average Bonchev–Trinajstić information content (AvgIpc) is 2.00. The lowest BCUT2D eigenvalue weighted by molar-refractivity contribution is -0.139. The summed E-state index contributed by atoms with van der Waals surface area (Å²) in [6.45, 7) is -0.501. The van der Waals surface area contributed by atoms with Gasteiger partial charge in [-0.05, 0) is 0 Å². The topological polar surface area (TPSA) is 136 Å². The third-order valence-electron chi connectivity index (χ3n) is 1.18. The summed E-state index contributed by atoms with van der Waals surface area (Å²) in [6.07, 6.45) is -0.209. The van der Waals surface area contributed by atoms with Gasteiger partial charge in [0.05, 0.1) is 12.8 Å². The van der Waals surface area contributed by atoms with Crippen molar-refractivity contribution in [2.75, 3.05) is 19.3 Å². The van der Waals surface area contributed by atoms with Gasteiger partial charge in [0.1, 0.15) is 6.04 Å². The highest BCUT2D eigenvalue weighted by Gasteiger charge is 2.21. The van der Waals surface area contributed by atoms with Gasteiger partial charge < -0.3 is 26.0 Å². The van der Waals surface area contributed by atoms with E-state index in [1.165, 1.54) is 0 Å². The second-order valence-corrected chi connectivity index (χ2v) is 4.37. The standard InChI is InChI=1S/C5H13N2O5P/c6-1-2-13(10,11)12-3-4(7)5(8)9/h4H,1-3,6-7H2,(H,8,9)(H,10,11). The van der Waals surface area contributed by atoms with E-state index >= 15 is 0 Å². The zero-order valence-corrected chi connectivity index (χ0v) is 7.81. The molecule has 0 aromatic rings. The zero-order valence-electron chi connectivity index (χ0n) is 6.92. The molecule has 0 aromatic carbocycles. The molecule has 0 fully saturated rings. The summed E-state index contributed by atoms with van der Waals surface area (Å²) in [5.74, 6) is -1.28. The lowest BCUT2D eigenvalue weighted by Gasteiger charge is -2.12. The Morgan fingerprint density at radius 1 is 1.62 bits per heavy atom. The maximum atomic E-state index is 10.9. The molecule has 7 nitrogen and oxygen atoms in total. The van der Waals surface area contributed by atoms with Crippen LogP contribution in [0, 0.1) is 0 Å². The van der Waals surface area contributed by atoms with Crippen LogP contribution in [0.25, 0.3) is 0 Å². The first kappa shape index (κ1) is 12.5. The van der Waals surface area contributed by atoms with Crippen molar-refractivity contribution >= 4 is 13.6 Å². The number of rotatable bonds is 6. The van der Waals surface area contributed by atoms with E-state index in [-0.39, 0.29) is 12.7 Å². The fourth-order valence-corrected chi connectivity index (χ4v) is 1.34. The Kier molecular flexibility index (Phi) is 5.12. The lowest BCUT2D eigenvalue weighted by Crippen LogP contribution is -2.34. The van der Waals surface area contributed by atoms with Crippen LogP contribution in [0.2, 0.25) is 0 Å². The van der Waals surface area contributed by atoms with E-state index in [1.54, 1.807) is 0 Å². The van der Waals surface area contributed by atoms with Crippen LogP contribution in [0.3, 0.4) is 0 Å². The molecule has 0 amide bonds. The van der Waals surface area contributed by atoms with Gasteiger partial charge in [-0.25, -0.2) is 0 Å². The molecule has 6 N–H and O–H groups in total. The highest BCUT2D eigenvalue weighted by Crippen LogP contribution is 2.40. The summed E-state index contributed by atoms with van der Waals surface area (Å²) in [6, 6.07) is -1.29. The van der Waals surface area contributed by atoms with Gasteiger partial charge in [-0.15, -0.1) is 0 Å². The number of hydrogen-bond acceptors (Lipinski definition) is 5. The van der Waals surface area contributed by atoms with Crippen molar-refractivity contribution < 1.29 is 23.9 Å². The van der Waals surface area contributed by atoms with Crippen molar-refractivity contribution in [2.24, 2.45) is 11.5 Å². The molecule has 0 aromatic heterocycles. The maximum Gasteiger partial charge on any atom is 0.329 e. The summed E-state index contributed by atoms with van der Waals surface area (Å²) < 4.78 is 15.4. The molecule has 0 radical (unpaired) electrons. The second-order valence-electron chi connectivity index (χ2n) is 2.39. The normalized spacial score (nSPS) is 17.8. The van der Waals surface area contributed by atoms with Crippen LogP contribution >= 0.6 is 7.60 Å². The van der Waals surface area contributed by atoms with E-state index in [4.69, 9.17) is 21.5 Å². The molecule has 2 unspecified atom stereocenters. The zero-order chi connectivity index (χ0) is 10.5. The fourth-order valence-electron chi connectivity index (χ4n) is 0.496. The van der Waals surface area contributed by atoms with E-state index < -0.39 is 26.2 Å². The number of hydrogen-bond donors (Lipinski definition) is 4. The van der Waals surface area contributed by atoms with Crippen molar-refractivity contribution in [3.05, 3.63) is 0 Å². The average molecular weight is 212 g/mol.